The normalized spacial score (nSPS) is 21.1. The molecule has 0 radical (unpaired) electrons. The van der Waals surface area contributed by atoms with Gasteiger partial charge in [-0.15, -0.1) is 64.6 Å². The van der Waals surface area contributed by atoms with Crippen molar-refractivity contribution in [1.29, 1.82) is 0 Å². The van der Waals surface area contributed by atoms with E-state index in [0.717, 1.165) is 0 Å². The molecule has 0 bridgehead atoms. The number of halogens is 5. The molecule has 0 saturated heterocycles. The van der Waals surface area contributed by atoms with Gasteiger partial charge in [0.2, 0.25) is 0 Å². The van der Waals surface area contributed by atoms with Gasteiger partial charge < -0.3 is 0 Å². The summed E-state index contributed by atoms with van der Waals surface area (Å²) in [4.78, 5) is 0. The van der Waals surface area contributed by atoms with Gasteiger partial charge in [-0.2, -0.15) is 0 Å². The summed E-state index contributed by atoms with van der Waals surface area (Å²) in [6.45, 7) is 3.50. The molecule has 0 N–H and O–H groups in total. The van der Waals surface area contributed by atoms with Crippen molar-refractivity contribution in [3.05, 3.63) is 12.7 Å². The van der Waals surface area contributed by atoms with Crippen molar-refractivity contribution in [1.82, 2.24) is 0 Å². The molecule has 0 spiro atoms. The molecule has 0 saturated carbocycles. The van der Waals surface area contributed by atoms with Crippen LogP contribution in [0.5, 0.6) is 0 Å². The summed E-state index contributed by atoms with van der Waals surface area (Å²) in [6.07, 6.45) is 1.52. The largest absolute Gasteiger partial charge is 0.125 e. The molecule has 0 aliphatic rings. The van der Waals surface area contributed by atoms with Gasteiger partial charge in [0.25, 0.3) is 0 Å². The minimum absolute atomic E-state index is 0.250. The lowest BCUT2D eigenvalue weighted by Gasteiger charge is -2.21. The molecule has 5 heteroatoms. The molecule has 0 aliphatic heterocycles. The molecular formula is C7H9Cl5. The average molecular weight is 270 g/mol. The van der Waals surface area contributed by atoms with Crippen molar-refractivity contribution in [2.24, 2.45) is 0 Å². The van der Waals surface area contributed by atoms with Crippen LogP contribution in [-0.2, 0) is 0 Å². The maximum Gasteiger partial charge on any atom is 0.0713 e. The van der Waals surface area contributed by atoms with Crippen molar-refractivity contribution in [2.75, 3.05) is 5.88 Å². The van der Waals surface area contributed by atoms with Crippen molar-refractivity contribution >= 4 is 58.0 Å². The highest BCUT2D eigenvalue weighted by Gasteiger charge is 2.28. The first-order valence-electron chi connectivity index (χ1n) is 3.29. The molecule has 4 atom stereocenters. The van der Waals surface area contributed by atoms with E-state index in [0.29, 0.717) is 0 Å². The molecule has 0 nitrogen and oxygen atoms in total. The van der Waals surface area contributed by atoms with E-state index in [4.69, 9.17) is 58.0 Å². The lowest BCUT2D eigenvalue weighted by molar-refractivity contribution is 0.762. The second-order valence-electron chi connectivity index (χ2n) is 2.24. The van der Waals surface area contributed by atoms with Crippen LogP contribution in [0.2, 0.25) is 0 Å². The molecular weight excluding hydrogens is 261 g/mol. The molecule has 0 aromatic rings. The summed E-state index contributed by atoms with van der Waals surface area (Å²) < 4.78 is 0. The summed E-state index contributed by atoms with van der Waals surface area (Å²) in [5.41, 5.74) is 0. The molecule has 0 fully saturated rings. The van der Waals surface area contributed by atoms with Crippen LogP contribution in [0.15, 0.2) is 12.7 Å². The fraction of sp³-hybridized carbons (Fsp3) is 0.714. The molecule has 72 valence electrons. The summed E-state index contributed by atoms with van der Waals surface area (Å²) in [5, 5.41) is -1.67. The summed E-state index contributed by atoms with van der Waals surface area (Å²) in [7, 11) is 0. The van der Waals surface area contributed by atoms with Gasteiger partial charge in [-0.25, -0.2) is 0 Å². The fourth-order valence-electron chi connectivity index (χ4n) is 0.590. The van der Waals surface area contributed by atoms with E-state index >= 15 is 0 Å². The van der Waals surface area contributed by atoms with E-state index in [1.54, 1.807) is 0 Å². The van der Waals surface area contributed by atoms with E-state index in [-0.39, 0.29) is 11.3 Å². The molecule has 0 aromatic heterocycles. The van der Waals surface area contributed by atoms with Gasteiger partial charge in [-0.05, 0) is 0 Å². The van der Waals surface area contributed by atoms with Gasteiger partial charge in [0.15, 0.2) is 0 Å². The van der Waals surface area contributed by atoms with E-state index < -0.39 is 16.1 Å². The Morgan fingerprint density at radius 2 is 1.58 bits per heavy atom. The Kier molecular flexibility index (Phi) is 7.27. The number of allylic oxidation sites excluding steroid dienone is 1. The first kappa shape index (κ1) is 13.2. The first-order valence-corrected chi connectivity index (χ1v) is 5.57. The number of rotatable bonds is 5. The predicted octanol–water partition coefficient (Wildman–Crippen LogP) is 3.84. The molecule has 0 heterocycles. The third-order valence-electron chi connectivity index (χ3n) is 1.33. The summed E-state index contributed by atoms with van der Waals surface area (Å²) in [6, 6.07) is 0. The smallest absolute Gasteiger partial charge is 0.0713 e. The minimum atomic E-state index is -0.452. The lowest BCUT2D eigenvalue weighted by atomic mass is 10.2. The van der Waals surface area contributed by atoms with Crippen molar-refractivity contribution < 1.29 is 0 Å². The monoisotopic (exact) mass is 268 g/mol. The zero-order valence-corrected chi connectivity index (χ0v) is 9.97. The van der Waals surface area contributed by atoms with E-state index in [2.05, 4.69) is 6.58 Å². The Bertz CT molecular complexity index is 138. The van der Waals surface area contributed by atoms with Crippen LogP contribution in [0.1, 0.15) is 0 Å². The topological polar surface area (TPSA) is 0 Å². The van der Waals surface area contributed by atoms with Gasteiger partial charge in [-0.1, -0.05) is 6.08 Å². The van der Waals surface area contributed by atoms with Crippen molar-refractivity contribution in [3.63, 3.8) is 0 Å². The molecule has 0 rings (SSSR count). The minimum Gasteiger partial charge on any atom is -0.125 e. The molecule has 0 aromatic carbocycles. The Morgan fingerprint density at radius 1 is 1.08 bits per heavy atom. The van der Waals surface area contributed by atoms with Crippen LogP contribution in [0, 0.1) is 0 Å². The van der Waals surface area contributed by atoms with Gasteiger partial charge >= 0.3 is 0 Å². The summed E-state index contributed by atoms with van der Waals surface area (Å²) >= 11 is 28.8. The SMILES string of the molecule is C=CC(Cl)C(Cl)C(Cl)C(Cl)CCl. The second-order valence-corrected chi connectivity index (χ2v) is 4.62. The van der Waals surface area contributed by atoms with Gasteiger partial charge in [0, 0.05) is 5.88 Å². The van der Waals surface area contributed by atoms with Crippen LogP contribution in [-0.4, -0.2) is 27.4 Å². The van der Waals surface area contributed by atoms with E-state index in [1.807, 2.05) is 0 Å². The zero-order valence-electron chi connectivity index (χ0n) is 6.19. The molecule has 4 unspecified atom stereocenters. The highest BCUT2D eigenvalue weighted by Crippen LogP contribution is 2.25. The Morgan fingerprint density at radius 3 is 1.92 bits per heavy atom. The van der Waals surface area contributed by atoms with Gasteiger partial charge in [-0.3, -0.25) is 0 Å². The molecule has 0 amide bonds. The van der Waals surface area contributed by atoms with Crippen molar-refractivity contribution in [2.45, 2.75) is 21.5 Å². The third kappa shape index (κ3) is 3.93. The first-order chi connectivity index (χ1) is 5.54. The van der Waals surface area contributed by atoms with Crippen LogP contribution < -0.4 is 0 Å². The van der Waals surface area contributed by atoms with Crippen LogP contribution >= 0.6 is 58.0 Å². The fourth-order valence-corrected chi connectivity index (χ4v) is 1.86. The van der Waals surface area contributed by atoms with E-state index in [9.17, 15) is 0 Å². The van der Waals surface area contributed by atoms with Crippen LogP contribution in [0.25, 0.3) is 0 Å². The quantitative estimate of drug-likeness (QED) is 0.526. The Labute approximate surface area is 97.8 Å². The predicted molar refractivity (Wildman–Crippen MR) is 59.5 cm³/mol. The number of alkyl halides is 5. The number of hydrogen-bond acceptors (Lipinski definition) is 0. The van der Waals surface area contributed by atoms with Crippen LogP contribution in [0.3, 0.4) is 0 Å². The van der Waals surface area contributed by atoms with Gasteiger partial charge in [0.1, 0.15) is 0 Å². The molecule has 12 heavy (non-hydrogen) atoms. The van der Waals surface area contributed by atoms with Crippen molar-refractivity contribution in [3.8, 4) is 0 Å². The molecule has 0 aliphatic carbocycles. The zero-order chi connectivity index (χ0) is 9.72. The standard InChI is InChI=1S/C7H9Cl5/c1-2-4(9)6(11)7(12)5(10)3-8/h2,4-7H,1,3H2. The summed E-state index contributed by atoms with van der Waals surface area (Å²) in [5.74, 6) is 0.250. The highest BCUT2D eigenvalue weighted by molar-refractivity contribution is 6.39. The Hall–Kier alpha value is 1.19. The van der Waals surface area contributed by atoms with Crippen LogP contribution in [0.4, 0.5) is 0 Å². The maximum absolute atomic E-state index is 5.88. The third-order valence-corrected chi connectivity index (χ3v) is 4.20. The average Bonchev–Trinajstić information content (AvgIpc) is 2.12. The van der Waals surface area contributed by atoms with Gasteiger partial charge in [0.05, 0.1) is 21.5 Å². The maximum atomic E-state index is 5.88. The lowest BCUT2D eigenvalue weighted by Crippen LogP contribution is -2.32. The number of hydrogen-bond donors (Lipinski definition) is 0. The highest BCUT2D eigenvalue weighted by atomic mass is 35.5. The van der Waals surface area contributed by atoms with E-state index in [1.165, 1.54) is 6.08 Å². The second kappa shape index (κ2) is 6.62. The Balaban J connectivity index is 4.07.